The summed E-state index contributed by atoms with van der Waals surface area (Å²) in [5.74, 6) is 0. The fourth-order valence-corrected chi connectivity index (χ4v) is 1.49. The van der Waals surface area contributed by atoms with Crippen molar-refractivity contribution in [2.24, 2.45) is 0 Å². The summed E-state index contributed by atoms with van der Waals surface area (Å²) in [4.78, 5) is 0. The van der Waals surface area contributed by atoms with Crippen molar-refractivity contribution in [2.75, 3.05) is 6.61 Å². The number of hydrogen-bond donors (Lipinski definition) is 2. The Kier molecular flexibility index (Phi) is 8.46. The SMILES string of the molecule is CCCCC[C@H](C)N[C@H](CC)CO. The first-order valence-electron chi connectivity index (χ1n) is 5.61. The molecule has 0 unspecified atom stereocenters. The largest absolute Gasteiger partial charge is 0.395 e. The van der Waals surface area contributed by atoms with Gasteiger partial charge in [-0.2, -0.15) is 0 Å². The molecule has 0 aromatic heterocycles. The van der Waals surface area contributed by atoms with E-state index in [0.717, 1.165) is 6.42 Å². The van der Waals surface area contributed by atoms with Gasteiger partial charge in [0.15, 0.2) is 0 Å². The Morgan fingerprint density at radius 1 is 1.23 bits per heavy atom. The second-order valence-corrected chi connectivity index (χ2v) is 3.85. The zero-order valence-electron chi connectivity index (χ0n) is 9.34. The van der Waals surface area contributed by atoms with Crippen molar-refractivity contribution >= 4 is 0 Å². The van der Waals surface area contributed by atoms with Crippen molar-refractivity contribution in [3.63, 3.8) is 0 Å². The number of unbranched alkanes of at least 4 members (excludes halogenated alkanes) is 2. The van der Waals surface area contributed by atoms with Crippen LogP contribution in [0.25, 0.3) is 0 Å². The Labute approximate surface area is 82.7 Å². The van der Waals surface area contributed by atoms with Gasteiger partial charge < -0.3 is 10.4 Å². The first-order chi connectivity index (χ1) is 6.24. The second-order valence-electron chi connectivity index (χ2n) is 3.85. The summed E-state index contributed by atoms with van der Waals surface area (Å²) in [6.07, 6.45) is 6.14. The molecule has 0 amide bonds. The van der Waals surface area contributed by atoms with Crippen molar-refractivity contribution in [1.82, 2.24) is 5.32 Å². The lowest BCUT2D eigenvalue weighted by molar-refractivity contribution is 0.227. The molecule has 13 heavy (non-hydrogen) atoms. The van der Waals surface area contributed by atoms with Gasteiger partial charge in [-0.3, -0.25) is 0 Å². The maximum atomic E-state index is 8.98. The third-order valence-corrected chi connectivity index (χ3v) is 2.47. The quantitative estimate of drug-likeness (QED) is 0.572. The molecule has 0 radical (unpaired) electrons. The smallest absolute Gasteiger partial charge is 0.0584 e. The van der Waals surface area contributed by atoms with E-state index in [4.69, 9.17) is 5.11 Å². The molecule has 0 spiro atoms. The molecule has 0 aromatic rings. The molecule has 2 N–H and O–H groups in total. The van der Waals surface area contributed by atoms with E-state index in [1.807, 2.05) is 0 Å². The lowest BCUT2D eigenvalue weighted by Gasteiger charge is -2.20. The number of nitrogens with one attached hydrogen (secondary N) is 1. The molecular formula is C11H25NO. The fourth-order valence-electron chi connectivity index (χ4n) is 1.49. The van der Waals surface area contributed by atoms with E-state index in [9.17, 15) is 0 Å². The van der Waals surface area contributed by atoms with E-state index in [1.54, 1.807) is 0 Å². The normalized spacial score (nSPS) is 15.7. The standard InChI is InChI=1S/C11H25NO/c1-4-6-7-8-10(3)12-11(5-2)9-13/h10-13H,4-9H2,1-3H3/t10-,11+/m0/s1. The van der Waals surface area contributed by atoms with Crippen molar-refractivity contribution in [1.29, 1.82) is 0 Å². The molecule has 0 aliphatic heterocycles. The molecule has 0 bridgehead atoms. The lowest BCUT2D eigenvalue weighted by atomic mass is 10.1. The van der Waals surface area contributed by atoms with E-state index >= 15 is 0 Å². The monoisotopic (exact) mass is 187 g/mol. The van der Waals surface area contributed by atoms with Crippen LogP contribution in [0.5, 0.6) is 0 Å². The molecule has 0 saturated carbocycles. The predicted octanol–water partition coefficient (Wildman–Crippen LogP) is 2.32. The van der Waals surface area contributed by atoms with Crippen LogP contribution >= 0.6 is 0 Å². The van der Waals surface area contributed by atoms with Gasteiger partial charge in [-0.05, 0) is 19.8 Å². The molecule has 0 aliphatic carbocycles. The van der Waals surface area contributed by atoms with Gasteiger partial charge in [-0.1, -0.05) is 33.1 Å². The van der Waals surface area contributed by atoms with Crippen molar-refractivity contribution < 1.29 is 5.11 Å². The maximum Gasteiger partial charge on any atom is 0.0584 e. The molecule has 2 nitrogen and oxygen atoms in total. The van der Waals surface area contributed by atoms with Gasteiger partial charge in [-0.25, -0.2) is 0 Å². The van der Waals surface area contributed by atoms with Crippen LogP contribution in [-0.4, -0.2) is 23.8 Å². The van der Waals surface area contributed by atoms with E-state index in [-0.39, 0.29) is 12.6 Å². The maximum absolute atomic E-state index is 8.98. The molecule has 2 atom stereocenters. The highest BCUT2D eigenvalue weighted by Gasteiger charge is 2.07. The summed E-state index contributed by atoms with van der Waals surface area (Å²) in [6.45, 7) is 6.79. The van der Waals surface area contributed by atoms with Crippen LogP contribution in [-0.2, 0) is 0 Å². The number of aliphatic hydroxyl groups is 1. The van der Waals surface area contributed by atoms with Gasteiger partial charge in [0.2, 0.25) is 0 Å². The van der Waals surface area contributed by atoms with Crippen LogP contribution in [0.2, 0.25) is 0 Å². The highest BCUT2D eigenvalue weighted by molar-refractivity contribution is 4.69. The number of hydrogen-bond acceptors (Lipinski definition) is 2. The topological polar surface area (TPSA) is 32.3 Å². The Bertz CT molecular complexity index is 102. The third kappa shape index (κ3) is 7.03. The Morgan fingerprint density at radius 2 is 1.92 bits per heavy atom. The van der Waals surface area contributed by atoms with E-state index in [0.29, 0.717) is 6.04 Å². The van der Waals surface area contributed by atoms with Crippen LogP contribution in [0.1, 0.15) is 52.9 Å². The molecule has 0 aromatic carbocycles. The van der Waals surface area contributed by atoms with Gasteiger partial charge in [0.25, 0.3) is 0 Å². The number of rotatable bonds is 8. The molecular weight excluding hydrogens is 162 g/mol. The molecule has 0 aliphatic rings. The van der Waals surface area contributed by atoms with Crippen LogP contribution in [0.3, 0.4) is 0 Å². The Balaban J connectivity index is 3.42. The number of aliphatic hydroxyl groups excluding tert-OH is 1. The zero-order valence-corrected chi connectivity index (χ0v) is 9.34. The Morgan fingerprint density at radius 3 is 2.38 bits per heavy atom. The summed E-state index contributed by atoms with van der Waals surface area (Å²) in [6, 6.07) is 0.834. The second kappa shape index (κ2) is 8.52. The van der Waals surface area contributed by atoms with Gasteiger partial charge in [0, 0.05) is 12.1 Å². The van der Waals surface area contributed by atoms with Gasteiger partial charge in [0.05, 0.1) is 6.61 Å². The molecule has 0 fully saturated rings. The van der Waals surface area contributed by atoms with Crippen molar-refractivity contribution in [3.05, 3.63) is 0 Å². The average Bonchev–Trinajstić information content (AvgIpc) is 2.14. The fraction of sp³-hybridized carbons (Fsp3) is 1.00. The molecule has 0 rings (SSSR count). The molecule has 2 heteroatoms. The summed E-state index contributed by atoms with van der Waals surface area (Å²) in [7, 11) is 0. The van der Waals surface area contributed by atoms with Crippen molar-refractivity contribution in [2.45, 2.75) is 65.0 Å². The lowest BCUT2D eigenvalue weighted by Crippen LogP contribution is -2.38. The molecule has 80 valence electrons. The van der Waals surface area contributed by atoms with E-state index in [1.165, 1.54) is 25.7 Å². The van der Waals surface area contributed by atoms with E-state index in [2.05, 4.69) is 26.1 Å². The van der Waals surface area contributed by atoms with Crippen LogP contribution in [0.4, 0.5) is 0 Å². The van der Waals surface area contributed by atoms with Gasteiger partial charge >= 0.3 is 0 Å². The minimum atomic E-state index is 0.259. The third-order valence-electron chi connectivity index (χ3n) is 2.47. The summed E-state index contributed by atoms with van der Waals surface area (Å²) >= 11 is 0. The van der Waals surface area contributed by atoms with Gasteiger partial charge in [-0.15, -0.1) is 0 Å². The van der Waals surface area contributed by atoms with E-state index < -0.39 is 0 Å². The van der Waals surface area contributed by atoms with Crippen LogP contribution in [0, 0.1) is 0 Å². The summed E-state index contributed by atoms with van der Waals surface area (Å²) < 4.78 is 0. The highest BCUT2D eigenvalue weighted by Crippen LogP contribution is 2.04. The highest BCUT2D eigenvalue weighted by atomic mass is 16.3. The van der Waals surface area contributed by atoms with Crippen LogP contribution < -0.4 is 5.32 Å². The summed E-state index contributed by atoms with van der Waals surface area (Å²) in [5, 5.41) is 12.4. The molecule has 0 saturated heterocycles. The van der Waals surface area contributed by atoms with Crippen molar-refractivity contribution in [3.8, 4) is 0 Å². The zero-order chi connectivity index (χ0) is 10.1. The molecule has 0 heterocycles. The average molecular weight is 187 g/mol. The van der Waals surface area contributed by atoms with Gasteiger partial charge in [0.1, 0.15) is 0 Å². The van der Waals surface area contributed by atoms with Crippen LogP contribution in [0.15, 0.2) is 0 Å². The predicted molar refractivity (Wildman–Crippen MR) is 57.9 cm³/mol. The first-order valence-corrected chi connectivity index (χ1v) is 5.61. The minimum Gasteiger partial charge on any atom is -0.395 e. The Hall–Kier alpha value is -0.0800. The first kappa shape index (κ1) is 12.9. The minimum absolute atomic E-state index is 0.259. The summed E-state index contributed by atoms with van der Waals surface area (Å²) in [5.41, 5.74) is 0.